The van der Waals surface area contributed by atoms with E-state index in [1.54, 1.807) is 6.07 Å². The summed E-state index contributed by atoms with van der Waals surface area (Å²) >= 11 is 0. The number of alkyl halides is 2. The van der Waals surface area contributed by atoms with Gasteiger partial charge in [-0.2, -0.15) is 8.78 Å². The Kier molecular flexibility index (Phi) is 4.52. The van der Waals surface area contributed by atoms with Gasteiger partial charge in [-0.3, -0.25) is 0 Å². The maximum atomic E-state index is 13.5. The van der Waals surface area contributed by atoms with Crippen LogP contribution in [0.5, 0.6) is 5.75 Å². The number of nitrogens with one attached hydrogen (secondary N) is 1. The fourth-order valence-corrected chi connectivity index (χ4v) is 2.17. The fourth-order valence-electron chi connectivity index (χ4n) is 2.17. The van der Waals surface area contributed by atoms with E-state index in [0.717, 1.165) is 25.9 Å². The van der Waals surface area contributed by atoms with Crippen LogP contribution in [0, 0.1) is 5.82 Å². The van der Waals surface area contributed by atoms with Gasteiger partial charge in [0.2, 0.25) is 0 Å². The molecule has 1 aromatic rings. The van der Waals surface area contributed by atoms with Crippen LogP contribution < -0.4 is 10.1 Å². The van der Waals surface area contributed by atoms with Crippen LogP contribution in [0.15, 0.2) is 18.2 Å². The van der Waals surface area contributed by atoms with Crippen molar-refractivity contribution in [3.8, 4) is 5.75 Å². The molecule has 0 bridgehead atoms. The Morgan fingerprint density at radius 2 is 2.00 bits per heavy atom. The van der Waals surface area contributed by atoms with Crippen LogP contribution in [-0.4, -0.2) is 37.7 Å². The molecule has 1 N–H and O–H groups in total. The average molecular weight is 274 g/mol. The number of hydrogen-bond acceptors (Lipinski definition) is 3. The molecule has 1 heterocycles. The second-order valence-corrected chi connectivity index (χ2v) is 4.75. The highest BCUT2D eigenvalue weighted by molar-refractivity contribution is 5.48. The molecule has 0 amide bonds. The number of anilines is 1. The normalized spacial score (nSPS) is 17.7. The Morgan fingerprint density at radius 1 is 1.32 bits per heavy atom. The molecule has 1 aliphatic rings. The largest absolute Gasteiger partial charge is 0.432 e. The van der Waals surface area contributed by atoms with E-state index >= 15 is 0 Å². The van der Waals surface area contributed by atoms with Gasteiger partial charge >= 0.3 is 6.61 Å². The maximum Gasteiger partial charge on any atom is 0.387 e. The Bertz CT molecular complexity index is 420. The van der Waals surface area contributed by atoms with E-state index in [4.69, 9.17) is 0 Å². The van der Waals surface area contributed by atoms with E-state index in [0.29, 0.717) is 5.69 Å². The summed E-state index contributed by atoms with van der Waals surface area (Å²) in [5, 5.41) is 3.21. The second-order valence-electron chi connectivity index (χ2n) is 4.75. The third-order valence-electron chi connectivity index (χ3n) is 3.24. The Morgan fingerprint density at radius 3 is 2.58 bits per heavy atom. The molecule has 0 aliphatic carbocycles. The first-order valence-corrected chi connectivity index (χ1v) is 6.24. The number of ether oxygens (including phenoxy) is 1. The molecule has 1 aromatic carbocycles. The molecular weight excluding hydrogens is 257 g/mol. The summed E-state index contributed by atoms with van der Waals surface area (Å²) in [6, 6.07) is 4.26. The van der Waals surface area contributed by atoms with Gasteiger partial charge in [0.25, 0.3) is 0 Å². The molecule has 3 nitrogen and oxygen atoms in total. The molecule has 1 saturated heterocycles. The zero-order chi connectivity index (χ0) is 13.8. The molecule has 1 fully saturated rings. The topological polar surface area (TPSA) is 24.5 Å². The van der Waals surface area contributed by atoms with E-state index in [1.807, 2.05) is 0 Å². The van der Waals surface area contributed by atoms with Crippen LogP contribution in [0.3, 0.4) is 0 Å². The van der Waals surface area contributed by atoms with Gasteiger partial charge in [-0.05, 0) is 45.1 Å². The van der Waals surface area contributed by atoms with Crippen LogP contribution >= 0.6 is 0 Å². The molecule has 6 heteroatoms. The van der Waals surface area contributed by atoms with Crippen molar-refractivity contribution >= 4 is 5.69 Å². The highest BCUT2D eigenvalue weighted by Crippen LogP contribution is 2.24. The predicted molar refractivity (Wildman–Crippen MR) is 67.2 cm³/mol. The smallest absolute Gasteiger partial charge is 0.387 e. The van der Waals surface area contributed by atoms with Crippen LogP contribution in [0.1, 0.15) is 12.8 Å². The standard InChI is InChI=1S/C13H17F3N2O/c1-18-6-4-9(5-7-18)17-10-2-3-12(11(14)8-10)19-13(15)16/h2-3,8-9,13,17H,4-7H2,1H3. The van der Waals surface area contributed by atoms with Gasteiger partial charge in [0.05, 0.1) is 0 Å². The van der Waals surface area contributed by atoms with Crippen LogP contribution in [0.4, 0.5) is 18.9 Å². The number of piperidine rings is 1. The quantitative estimate of drug-likeness (QED) is 0.913. The van der Waals surface area contributed by atoms with E-state index in [9.17, 15) is 13.2 Å². The lowest BCUT2D eigenvalue weighted by Gasteiger charge is -2.30. The van der Waals surface area contributed by atoms with E-state index in [1.165, 1.54) is 12.1 Å². The minimum Gasteiger partial charge on any atom is -0.432 e. The maximum absolute atomic E-state index is 13.5. The fraction of sp³-hybridized carbons (Fsp3) is 0.538. The second kappa shape index (κ2) is 6.14. The third-order valence-corrected chi connectivity index (χ3v) is 3.24. The van der Waals surface area contributed by atoms with Gasteiger partial charge in [-0.15, -0.1) is 0 Å². The predicted octanol–water partition coefficient (Wildman–Crippen LogP) is 2.93. The molecule has 0 radical (unpaired) electrons. The summed E-state index contributed by atoms with van der Waals surface area (Å²) in [7, 11) is 2.06. The first-order chi connectivity index (χ1) is 9.04. The van der Waals surface area contributed by atoms with Crippen molar-refractivity contribution in [3.05, 3.63) is 24.0 Å². The molecule has 2 rings (SSSR count). The highest BCUT2D eigenvalue weighted by Gasteiger charge is 2.17. The summed E-state index contributed by atoms with van der Waals surface area (Å²) in [4.78, 5) is 2.23. The Labute approximate surface area is 110 Å². The highest BCUT2D eigenvalue weighted by atomic mass is 19.3. The van der Waals surface area contributed by atoms with E-state index in [-0.39, 0.29) is 6.04 Å². The molecule has 0 aromatic heterocycles. The molecule has 19 heavy (non-hydrogen) atoms. The minimum absolute atomic E-state index is 0.289. The zero-order valence-electron chi connectivity index (χ0n) is 10.7. The molecule has 0 spiro atoms. The first-order valence-electron chi connectivity index (χ1n) is 6.24. The number of benzene rings is 1. The van der Waals surface area contributed by atoms with Crippen molar-refractivity contribution in [2.24, 2.45) is 0 Å². The van der Waals surface area contributed by atoms with Gasteiger partial charge in [-0.25, -0.2) is 4.39 Å². The molecule has 0 unspecified atom stereocenters. The summed E-state index contributed by atoms with van der Waals surface area (Å²) in [5.74, 6) is -1.21. The summed E-state index contributed by atoms with van der Waals surface area (Å²) in [5.41, 5.74) is 0.591. The molecule has 1 aliphatic heterocycles. The van der Waals surface area contributed by atoms with Crippen molar-refractivity contribution < 1.29 is 17.9 Å². The van der Waals surface area contributed by atoms with Gasteiger partial charge in [0.15, 0.2) is 11.6 Å². The molecular formula is C13H17F3N2O. The molecule has 106 valence electrons. The summed E-state index contributed by atoms with van der Waals surface area (Å²) in [6.45, 7) is -1.03. The monoisotopic (exact) mass is 274 g/mol. The minimum atomic E-state index is -3.01. The number of likely N-dealkylation sites (tertiary alicyclic amines) is 1. The average Bonchev–Trinajstić information content (AvgIpc) is 2.35. The summed E-state index contributed by atoms with van der Waals surface area (Å²) in [6.07, 6.45) is 1.96. The lowest BCUT2D eigenvalue weighted by molar-refractivity contribution is -0.0521. The van der Waals surface area contributed by atoms with Gasteiger partial charge < -0.3 is 15.0 Å². The summed E-state index contributed by atoms with van der Waals surface area (Å²) < 4.78 is 41.6. The van der Waals surface area contributed by atoms with E-state index < -0.39 is 18.2 Å². The van der Waals surface area contributed by atoms with Gasteiger partial charge in [0.1, 0.15) is 0 Å². The third kappa shape index (κ3) is 4.02. The van der Waals surface area contributed by atoms with Gasteiger partial charge in [0, 0.05) is 17.8 Å². The number of halogens is 3. The van der Waals surface area contributed by atoms with Crippen LogP contribution in [0.2, 0.25) is 0 Å². The van der Waals surface area contributed by atoms with Crippen molar-refractivity contribution in [2.45, 2.75) is 25.5 Å². The van der Waals surface area contributed by atoms with Crippen molar-refractivity contribution in [1.29, 1.82) is 0 Å². The van der Waals surface area contributed by atoms with Gasteiger partial charge in [-0.1, -0.05) is 0 Å². The first kappa shape index (κ1) is 14.0. The van der Waals surface area contributed by atoms with Crippen molar-refractivity contribution in [3.63, 3.8) is 0 Å². The lowest BCUT2D eigenvalue weighted by Crippen LogP contribution is -2.36. The van der Waals surface area contributed by atoms with E-state index in [2.05, 4.69) is 22.0 Å². The zero-order valence-corrected chi connectivity index (χ0v) is 10.7. The van der Waals surface area contributed by atoms with Crippen LogP contribution in [0.25, 0.3) is 0 Å². The molecule has 0 atom stereocenters. The SMILES string of the molecule is CN1CCC(Nc2ccc(OC(F)F)c(F)c2)CC1. The lowest BCUT2D eigenvalue weighted by atomic mass is 10.1. The number of rotatable bonds is 4. The molecule has 0 saturated carbocycles. The Hall–Kier alpha value is -1.43. The van der Waals surface area contributed by atoms with Crippen molar-refractivity contribution in [1.82, 2.24) is 4.90 Å². The Balaban J connectivity index is 1.96. The number of hydrogen-bond donors (Lipinski definition) is 1. The number of nitrogens with zero attached hydrogens (tertiary/aromatic N) is 1. The van der Waals surface area contributed by atoms with Crippen LogP contribution in [-0.2, 0) is 0 Å². The van der Waals surface area contributed by atoms with Crippen molar-refractivity contribution in [2.75, 3.05) is 25.5 Å².